The third-order valence-corrected chi connectivity index (χ3v) is 3.22. The predicted molar refractivity (Wildman–Crippen MR) is 56.7 cm³/mol. The summed E-state index contributed by atoms with van der Waals surface area (Å²) < 4.78 is 1.06. The zero-order chi connectivity index (χ0) is 10.1. The molecule has 0 spiro atoms. The number of carbonyl (C=O) groups is 1. The molecule has 1 aromatic carbocycles. The standard InChI is InChI=1S/C11H7NOS/c1-7-10(5-12)9-4-8(6-13)2-3-11(9)14-7/h2-4,6H,1H3. The van der Waals surface area contributed by atoms with Gasteiger partial charge in [0.1, 0.15) is 12.4 Å². The Morgan fingerprint density at radius 1 is 1.50 bits per heavy atom. The van der Waals surface area contributed by atoms with Gasteiger partial charge in [-0.25, -0.2) is 0 Å². The van der Waals surface area contributed by atoms with Gasteiger partial charge in [-0.05, 0) is 19.1 Å². The molecule has 0 fully saturated rings. The van der Waals surface area contributed by atoms with Crippen LogP contribution in [0.25, 0.3) is 10.1 Å². The molecule has 0 aliphatic heterocycles. The Hall–Kier alpha value is -1.66. The van der Waals surface area contributed by atoms with Gasteiger partial charge in [-0.15, -0.1) is 11.3 Å². The molecular weight excluding hydrogens is 194 g/mol. The first-order valence-electron chi connectivity index (χ1n) is 4.14. The maximum absolute atomic E-state index is 10.6. The number of nitrogens with zero attached hydrogens (tertiary/aromatic N) is 1. The molecule has 68 valence electrons. The second-order valence-electron chi connectivity index (χ2n) is 3.02. The summed E-state index contributed by atoms with van der Waals surface area (Å²) in [5.41, 5.74) is 1.31. The van der Waals surface area contributed by atoms with Gasteiger partial charge in [-0.3, -0.25) is 4.79 Å². The van der Waals surface area contributed by atoms with Crippen LogP contribution >= 0.6 is 11.3 Å². The first-order valence-corrected chi connectivity index (χ1v) is 4.96. The first kappa shape index (κ1) is 8.92. The fraction of sp³-hybridized carbons (Fsp3) is 0.0909. The third-order valence-electron chi connectivity index (χ3n) is 2.14. The molecule has 0 bridgehead atoms. The maximum atomic E-state index is 10.6. The van der Waals surface area contributed by atoms with Crippen LogP contribution in [0.15, 0.2) is 18.2 Å². The zero-order valence-corrected chi connectivity index (χ0v) is 8.39. The smallest absolute Gasteiger partial charge is 0.150 e. The Morgan fingerprint density at radius 3 is 2.93 bits per heavy atom. The molecule has 0 N–H and O–H groups in total. The number of aryl methyl sites for hydroxylation is 1. The average molecular weight is 201 g/mol. The van der Waals surface area contributed by atoms with Crippen LogP contribution in [-0.2, 0) is 0 Å². The van der Waals surface area contributed by atoms with Crippen molar-refractivity contribution in [3.8, 4) is 6.07 Å². The SMILES string of the molecule is Cc1sc2ccc(C=O)cc2c1C#N. The normalized spacial score (nSPS) is 10.0. The molecule has 14 heavy (non-hydrogen) atoms. The molecule has 0 saturated carbocycles. The lowest BCUT2D eigenvalue weighted by Gasteiger charge is -1.91. The van der Waals surface area contributed by atoms with Crippen molar-refractivity contribution >= 4 is 27.7 Å². The molecule has 2 nitrogen and oxygen atoms in total. The summed E-state index contributed by atoms with van der Waals surface area (Å²) in [6, 6.07) is 7.59. The number of thiophene rings is 1. The number of carbonyl (C=O) groups excluding carboxylic acids is 1. The fourth-order valence-electron chi connectivity index (χ4n) is 1.45. The monoisotopic (exact) mass is 201 g/mol. The highest BCUT2D eigenvalue weighted by atomic mass is 32.1. The lowest BCUT2D eigenvalue weighted by molar-refractivity contribution is 0.112. The minimum Gasteiger partial charge on any atom is -0.298 e. The Bertz CT molecular complexity index is 548. The molecule has 0 unspecified atom stereocenters. The highest BCUT2D eigenvalue weighted by Gasteiger charge is 2.08. The molecule has 2 rings (SSSR count). The van der Waals surface area contributed by atoms with E-state index < -0.39 is 0 Å². The summed E-state index contributed by atoms with van der Waals surface area (Å²) in [5.74, 6) is 0. The molecule has 1 aromatic heterocycles. The van der Waals surface area contributed by atoms with Gasteiger partial charge in [0.25, 0.3) is 0 Å². The van der Waals surface area contributed by atoms with Crippen LogP contribution in [0.5, 0.6) is 0 Å². The zero-order valence-electron chi connectivity index (χ0n) is 7.57. The van der Waals surface area contributed by atoms with E-state index in [4.69, 9.17) is 5.26 Å². The first-order chi connectivity index (χ1) is 6.76. The van der Waals surface area contributed by atoms with Gasteiger partial charge in [-0.2, -0.15) is 5.26 Å². The van der Waals surface area contributed by atoms with Crippen LogP contribution < -0.4 is 0 Å². The summed E-state index contributed by atoms with van der Waals surface area (Å²) in [7, 11) is 0. The Labute approximate surface area is 85.4 Å². The molecule has 0 aliphatic rings. The average Bonchev–Trinajstić information content (AvgIpc) is 2.52. The molecule has 0 aliphatic carbocycles. The Kier molecular flexibility index (Phi) is 2.06. The molecule has 3 heteroatoms. The van der Waals surface area contributed by atoms with E-state index in [1.165, 1.54) is 0 Å². The number of aldehydes is 1. The Balaban J connectivity index is 2.85. The molecule has 0 saturated heterocycles. The number of fused-ring (bicyclic) bond motifs is 1. The molecule has 0 atom stereocenters. The molecule has 2 aromatic rings. The van der Waals surface area contributed by atoms with E-state index in [1.54, 1.807) is 23.5 Å². The lowest BCUT2D eigenvalue weighted by Crippen LogP contribution is -1.79. The van der Waals surface area contributed by atoms with Crippen LogP contribution in [0.2, 0.25) is 0 Å². The number of hydrogen-bond acceptors (Lipinski definition) is 3. The predicted octanol–water partition coefficient (Wildman–Crippen LogP) is 2.89. The molecular formula is C11H7NOS. The van der Waals surface area contributed by atoms with E-state index in [0.717, 1.165) is 21.2 Å². The summed E-state index contributed by atoms with van der Waals surface area (Å²) in [4.78, 5) is 11.6. The number of rotatable bonds is 1. The lowest BCUT2D eigenvalue weighted by atomic mass is 10.1. The molecule has 0 amide bonds. The summed E-state index contributed by atoms with van der Waals surface area (Å²) in [6.45, 7) is 1.92. The van der Waals surface area contributed by atoms with Crippen LogP contribution in [-0.4, -0.2) is 6.29 Å². The second kappa shape index (κ2) is 3.24. The molecule has 1 heterocycles. The van der Waals surface area contributed by atoms with Crippen LogP contribution in [0.1, 0.15) is 20.8 Å². The second-order valence-corrected chi connectivity index (χ2v) is 4.27. The Morgan fingerprint density at radius 2 is 2.29 bits per heavy atom. The van der Waals surface area contributed by atoms with Gasteiger partial charge >= 0.3 is 0 Å². The minimum atomic E-state index is 0.617. The largest absolute Gasteiger partial charge is 0.298 e. The maximum Gasteiger partial charge on any atom is 0.150 e. The van der Waals surface area contributed by atoms with Gasteiger partial charge in [0.2, 0.25) is 0 Å². The van der Waals surface area contributed by atoms with Gasteiger partial charge in [0.15, 0.2) is 0 Å². The van der Waals surface area contributed by atoms with Crippen molar-refractivity contribution in [3.63, 3.8) is 0 Å². The van der Waals surface area contributed by atoms with E-state index >= 15 is 0 Å². The minimum absolute atomic E-state index is 0.617. The van der Waals surface area contributed by atoms with Crippen molar-refractivity contribution in [1.29, 1.82) is 5.26 Å². The molecule has 0 radical (unpaired) electrons. The van der Waals surface area contributed by atoms with Crippen molar-refractivity contribution in [3.05, 3.63) is 34.2 Å². The van der Waals surface area contributed by atoms with Gasteiger partial charge in [0, 0.05) is 20.5 Å². The topological polar surface area (TPSA) is 40.9 Å². The van der Waals surface area contributed by atoms with Crippen LogP contribution in [0.3, 0.4) is 0 Å². The fourth-order valence-corrected chi connectivity index (χ4v) is 2.44. The van der Waals surface area contributed by atoms with Crippen molar-refractivity contribution in [2.45, 2.75) is 6.92 Å². The van der Waals surface area contributed by atoms with E-state index in [2.05, 4.69) is 6.07 Å². The van der Waals surface area contributed by atoms with Crippen molar-refractivity contribution in [2.24, 2.45) is 0 Å². The number of benzene rings is 1. The summed E-state index contributed by atoms with van der Waals surface area (Å²) >= 11 is 1.58. The highest BCUT2D eigenvalue weighted by Crippen LogP contribution is 2.30. The third kappa shape index (κ3) is 1.21. The van der Waals surface area contributed by atoms with Crippen LogP contribution in [0.4, 0.5) is 0 Å². The van der Waals surface area contributed by atoms with Gasteiger partial charge < -0.3 is 0 Å². The summed E-state index contributed by atoms with van der Waals surface area (Å²) in [6.07, 6.45) is 0.799. The number of hydrogen-bond donors (Lipinski definition) is 0. The van der Waals surface area contributed by atoms with Crippen molar-refractivity contribution in [1.82, 2.24) is 0 Å². The van der Waals surface area contributed by atoms with E-state index in [9.17, 15) is 4.79 Å². The quantitative estimate of drug-likeness (QED) is 0.665. The van der Waals surface area contributed by atoms with Crippen molar-refractivity contribution in [2.75, 3.05) is 0 Å². The highest BCUT2D eigenvalue weighted by molar-refractivity contribution is 7.19. The van der Waals surface area contributed by atoms with E-state index in [0.29, 0.717) is 11.1 Å². The van der Waals surface area contributed by atoms with Crippen LogP contribution in [0, 0.1) is 18.3 Å². The summed E-state index contributed by atoms with van der Waals surface area (Å²) in [5, 5.41) is 9.83. The van der Waals surface area contributed by atoms with E-state index in [-0.39, 0.29) is 0 Å². The van der Waals surface area contributed by atoms with Crippen molar-refractivity contribution < 1.29 is 4.79 Å². The van der Waals surface area contributed by atoms with Gasteiger partial charge in [-0.1, -0.05) is 6.07 Å². The van der Waals surface area contributed by atoms with E-state index in [1.807, 2.05) is 13.0 Å². The number of nitriles is 1. The van der Waals surface area contributed by atoms with Gasteiger partial charge in [0.05, 0.1) is 5.56 Å².